The average molecular weight is 243 g/mol. The zero-order valence-electron chi connectivity index (χ0n) is 9.77. The molecule has 0 spiro atoms. The van der Waals surface area contributed by atoms with Gasteiger partial charge in [0.2, 0.25) is 5.91 Å². The third kappa shape index (κ3) is 5.14. The van der Waals surface area contributed by atoms with Crippen molar-refractivity contribution < 1.29 is 4.79 Å². The first-order chi connectivity index (χ1) is 7.24. The summed E-state index contributed by atoms with van der Waals surface area (Å²) >= 11 is 0. The minimum atomic E-state index is 0. The van der Waals surface area contributed by atoms with Gasteiger partial charge in [-0.25, -0.2) is 0 Å². The van der Waals surface area contributed by atoms with Crippen molar-refractivity contribution >= 4 is 18.3 Å². The lowest BCUT2D eigenvalue weighted by Gasteiger charge is -2.16. The van der Waals surface area contributed by atoms with Crippen LogP contribution in [0.1, 0.15) is 5.56 Å². The summed E-state index contributed by atoms with van der Waals surface area (Å²) in [6.45, 7) is 1.18. The van der Waals surface area contributed by atoms with E-state index in [0.717, 1.165) is 13.0 Å². The molecule has 0 unspecified atom stereocenters. The van der Waals surface area contributed by atoms with Crippen molar-refractivity contribution in [1.82, 2.24) is 10.2 Å². The van der Waals surface area contributed by atoms with Gasteiger partial charge >= 0.3 is 0 Å². The third-order valence-electron chi connectivity index (χ3n) is 2.33. The van der Waals surface area contributed by atoms with E-state index in [1.54, 1.807) is 11.9 Å². The van der Waals surface area contributed by atoms with Crippen LogP contribution >= 0.6 is 12.4 Å². The number of amides is 1. The van der Waals surface area contributed by atoms with Gasteiger partial charge in [0, 0.05) is 13.6 Å². The summed E-state index contributed by atoms with van der Waals surface area (Å²) in [4.78, 5) is 13.2. The minimum Gasteiger partial charge on any atom is -0.344 e. The summed E-state index contributed by atoms with van der Waals surface area (Å²) in [5.74, 6) is 0.133. The van der Waals surface area contributed by atoms with Gasteiger partial charge in [0.25, 0.3) is 0 Å². The molecule has 16 heavy (non-hydrogen) atoms. The monoisotopic (exact) mass is 242 g/mol. The van der Waals surface area contributed by atoms with Crippen molar-refractivity contribution in [2.45, 2.75) is 6.42 Å². The van der Waals surface area contributed by atoms with Crippen LogP contribution in [0.4, 0.5) is 0 Å². The van der Waals surface area contributed by atoms with Gasteiger partial charge in [-0.2, -0.15) is 0 Å². The molecule has 0 saturated heterocycles. The van der Waals surface area contributed by atoms with Gasteiger partial charge in [-0.1, -0.05) is 30.3 Å². The number of nitrogens with one attached hydrogen (secondary N) is 1. The van der Waals surface area contributed by atoms with E-state index in [-0.39, 0.29) is 18.3 Å². The number of carbonyl (C=O) groups excluding carboxylic acids is 1. The quantitative estimate of drug-likeness (QED) is 0.845. The highest BCUT2D eigenvalue weighted by atomic mass is 35.5. The van der Waals surface area contributed by atoms with Crippen LogP contribution in [0, 0.1) is 0 Å². The molecule has 0 aliphatic rings. The maximum absolute atomic E-state index is 11.4. The van der Waals surface area contributed by atoms with E-state index in [4.69, 9.17) is 0 Å². The third-order valence-corrected chi connectivity index (χ3v) is 2.33. The maximum atomic E-state index is 11.4. The van der Waals surface area contributed by atoms with Crippen LogP contribution in [0.25, 0.3) is 0 Å². The number of carbonyl (C=O) groups is 1. The molecule has 1 N–H and O–H groups in total. The molecular formula is C12H19ClN2O. The topological polar surface area (TPSA) is 32.3 Å². The molecule has 0 heterocycles. The Hall–Kier alpha value is -1.06. The average Bonchev–Trinajstić information content (AvgIpc) is 2.27. The van der Waals surface area contributed by atoms with E-state index < -0.39 is 0 Å². The first kappa shape index (κ1) is 14.9. The van der Waals surface area contributed by atoms with E-state index in [0.29, 0.717) is 6.54 Å². The highest BCUT2D eigenvalue weighted by Crippen LogP contribution is 2.00. The summed E-state index contributed by atoms with van der Waals surface area (Å²) in [5.41, 5.74) is 1.27. The molecule has 0 atom stereocenters. The van der Waals surface area contributed by atoms with E-state index >= 15 is 0 Å². The number of nitrogens with zero attached hydrogens (tertiary/aromatic N) is 1. The van der Waals surface area contributed by atoms with Gasteiger partial charge in [-0.15, -0.1) is 12.4 Å². The summed E-state index contributed by atoms with van der Waals surface area (Å²) in [5, 5.41) is 2.86. The van der Waals surface area contributed by atoms with E-state index in [1.165, 1.54) is 5.56 Å². The van der Waals surface area contributed by atoms with Gasteiger partial charge in [0.05, 0.1) is 6.54 Å². The normalized spacial score (nSPS) is 9.38. The second-order valence-electron chi connectivity index (χ2n) is 3.58. The zero-order valence-corrected chi connectivity index (χ0v) is 10.6. The minimum absolute atomic E-state index is 0. The molecule has 4 heteroatoms. The summed E-state index contributed by atoms with van der Waals surface area (Å²) in [6.07, 6.45) is 0.910. The second kappa shape index (κ2) is 8.13. The maximum Gasteiger partial charge on any atom is 0.236 e. The lowest BCUT2D eigenvalue weighted by Crippen LogP contribution is -2.35. The Morgan fingerprint density at radius 2 is 1.94 bits per heavy atom. The Kier molecular flexibility index (Phi) is 7.60. The van der Waals surface area contributed by atoms with Gasteiger partial charge in [0.15, 0.2) is 0 Å². The fourth-order valence-electron chi connectivity index (χ4n) is 1.35. The Bertz CT molecular complexity index is 303. The van der Waals surface area contributed by atoms with Crippen LogP contribution in [0.5, 0.6) is 0 Å². The molecular weight excluding hydrogens is 224 g/mol. The predicted molar refractivity (Wildman–Crippen MR) is 69.0 cm³/mol. The van der Waals surface area contributed by atoms with Gasteiger partial charge in [-0.3, -0.25) is 4.79 Å². The molecule has 0 bridgehead atoms. The first-order valence-electron chi connectivity index (χ1n) is 5.16. The van der Waals surface area contributed by atoms with E-state index in [9.17, 15) is 4.79 Å². The molecule has 1 aromatic carbocycles. The number of halogens is 1. The van der Waals surface area contributed by atoms with Gasteiger partial charge in [0.1, 0.15) is 0 Å². The number of hydrogen-bond donors (Lipinski definition) is 1. The Labute approximate surface area is 103 Å². The van der Waals surface area contributed by atoms with Crippen molar-refractivity contribution in [3.05, 3.63) is 35.9 Å². The molecule has 1 aromatic rings. The Morgan fingerprint density at radius 1 is 1.31 bits per heavy atom. The second-order valence-corrected chi connectivity index (χ2v) is 3.58. The van der Waals surface area contributed by atoms with Crippen LogP contribution in [0.15, 0.2) is 30.3 Å². The number of benzene rings is 1. The molecule has 1 amide bonds. The molecule has 0 aliphatic heterocycles. The Morgan fingerprint density at radius 3 is 2.50 bits per heavy atom. The van der Waals surface area contributed by atoms with Gasteiger partial charge in [-0.05, 0) is 19.0 Å². The summed E-state index contributed by atoms with van der Waals surface area (Å²) < 4.78 is 0. The van der Waals surface area contributed by atoms with E-state index in [1.807, 2.05) is 25.2 Å². The molecule has 0 fully saturated rings. The van der Waals surface area contributed by atoms with Crippen molar-refractivity contribution in [3.63, 3.8) is 0 Å². The standard InChI is InChI=1S/C12H18N2O.ClH/c1-13-10-12(15)14(2)9-8-11-6-4-3-5-7-11;/h3-7,13H,8-10H2,1-2H3;1H. The van der Waals surface area contributed by atoms with Crippen molar-refractivity contribution in [2.24, 2.45) is 0 Å². The van der Waals surface area contributed by atoms with Crippen LogP contribution < -0.4 is 5.32 Å². The summed E-state index contributed by atoms with van der Waals surface area (Å²) in [6, 6.07) is 10.2. The first-order valence-corrected chi connectivity index (χ1v) is 5.16. The van der Waals surface area contributed by atoms with Crippen LogP contribution in [0.2, 0.25) is 0 Å². The smallest absolute Gasteiger partial charge is 0.236 e. The molecule has 3 nitrogen and oxygen atoms in total. The van der Waals surface area contributed by atoms with Crippen LogP contribution in [0.3, 0.4) is 0 Å². The van der Waals surface area contributed by atoms with Gasteiger partial charge < -0.3 is 10.2 Å². The lowest BCUT2D eigenvalue weighted by molar-refractivity contribution is -0.128. The highest BCUT2D eigenvalue weighted by molar-refractivity contribution is 5.85. The SMILES string of the molecule is CNCC(=O)N(C)CCc1ccccc1.Cl. The largest absolute Gasteiger partial charge is 0.344 e. The molecule has 0 aliphatic carbocycles. The molecule has 0 radical (unpaired) electrons. The van der Waals surface area contributed by atoms with Crippen molar-refractivity contribution in [1.29, 1.82) is 0 Å². The van der Waals surface area contributed by atoms with Crippen molar-refractivity contribution in [2.75, 3.05) is 27.2 Å². The predicted octanol–water partition coefficient (Wildman–Crippen LogP) is 1.33. The zero-order chi connectivity index (χ0) is 11.1. The fourth-order valence-corrected chi connectivity index (χ4v) is 1.35. The summed E-state index contributed by atoms with van der Waals surface area (Å²) in [7, 11) is 3.62. The lowest BCUT2D eigenvalue weighted by atomic mass is 10.1. The Balaban J connectivity index is 0.00000225. The molecule has 90 valence electrons. The molecule has 0 aromatic heterocycles. The molecule has 0 saturated carbocycles. The molecule has 1 rings (SSSR count). The van der Waals surface area contributed by atoms with Crippen LogP contribution in [-0.2, 0) is 11.2 Å². The van der Waals surface area contributed by atoms with Crippen molar-refractivity contribution in [3.8, 4) is 0 Å². The number of rotatable bonds is 5. The number of hydrogen-bond acceptors (Lipinski definition) is 2. The van der Waals surface area contributed by atoms with E-state index in [2.05, 4.69) is 17.4 Å². The fraction of sp³-hybridized carbons (Fsp3) is 0.417. The van der Waals surface area contributed by atoms with Crippen LogP contribution in [-0.4, -0.2) is 38.0 Å². The highest BCUT2D eigenvalue weighted by Gasteiger charge is 2.06. The number of likely N-dealkylation sites (N-methyl/N-ethyl adjacent to an activating group) is 2.